The highest BCUT2D eigenvalue weighted by atomic mass is 35.5. The Morgan fingerprint density at radius 2 is 1.59 bits per heavy atom. The van der Waals surface area contributed by atoms with Gasteiger partial charge >= 0.3 is 0 Å². The molecule has 0 aliphatic rings. The molecule has 0 atom stereocenters. The van der Waals surface area contributed by atoms with Crippen LogP contribution in [-0.2, 0) is 9.59 Å². The van der Waals surface area contributed by atoms with E-state index in [9.17, 15) is 18.8 Å². The Morgan fingerprint density at radius 1 is 1.00 bits per heavy atom. The second-order valence-electron chi connectivity index (χ2n) is 5.82. The molecule has 0 bridgehead atoms. The number of carbonyl (C=O) groups excluding carboxylic acids is 3. The number of hydrogen-bond acceptors (Lipinski definition) is 3. The van der Waals surface area contributed by atoms with Gasteiger partial charge in [-0.1, -0.05) is 29.3 Å². The first-order chi connectivity index (χ1) is 12.8. The van der Waals surface area contributed by atoms with Crippen molar-refractivity contribution in [2.75, 3.05) is 18.9 Å². The molecule has 0 unspecified atom stereocenters. The maximum absolute atomic E-state index is 12.9. The van der Waals surface area contributed by atoms with Crippen LogP contribution in [0.2, 0.25) is 10.0 Å². The first kappa shape index (κ1) is 20.9. The van der Waals surface area contributed by atoms with Gasteiger partial charge in [-0.05, 0) is 36.4 Å². The summed E-state index contributed by atoms with van der Waals surface area (Å²) in [7, 11) is 1.46. The number of nitrogens with one attached hydrogen (secondary N) is 1. The zero-order valence-corrected chi connectivity index (χ0v) is 16.0. The fourth-order valence-corrected chi connectivity index (χ4v) is 2.78. The summed E-state index contributed by atoms with van der Waals surface area (Å²) < 4.78 is 12.9. The van der Waals surface area contributed by atoms with E-state index in [2.05, 4.69) is 5.32 Å². The highest BCUT2D eigenvalue weighted by Gasteiger charge is 2.17. The van der Waals surface area contributed by atoms with Crippen molar-refractivity contribution < 1.29 is 18.8 Å². The summed E-state index contributed by atoms with van der Waals surface area (Å²) >= 11 is 12.0. The minimum atomic E-state index is -0.467. The molecule has 2 rings (SSSR count). The SMILES string of the molecule is CN(CC(=O)Nc1c(Cl)cccc1Cl)C(=O)CCC(=O)c1ccc(F)cc1. The molecular weight excluding hydrogens is 394 g/mol. The van der Waals surface area contributed by atoms with Crippen LogP contribution in [0.4, 0.5) is 10.1 Å². The molecule has 142 valence electrons. The van der Waals surface area contributed by atoms with E-state index in [1.165, 1.54) is 36.2 Å². The summed E-state index contributed by atoms with van der Waals surface area (Å²) in [5.74, 6) is -1.55. The number of carbonyl (C=O) groups is 3. The number of benzene rings is 2. The van der Waals surface area contributed by atoms with Crippen LogP contribution >= 0.6 is 23.2 Å². The second kappa shape index (κ2) is 9.48. The number of nitrogens with zero attached hydrogens (tertiary/aromatic N) is 1. The highest BCUT2D eigenvalue weighted by molar-refractivity contribution is 6.39. The Bertz CT molecular complexity index is 836. The molecule has 5 nitrogen and oxygen atoms in total. The van der Waals surface area contributed by atoms with Crippen molar-refractivity contribution in [3.8, 4) is 0 Å². The predicted molar refractivity (Wildman–Crippen MR) is 103 cm³/mol. The van der Waals surface area contributed by atoms with Crippen LogP contribution < -0.4 is 5.32 Å². The van der Waals surface area contributed by atoms with E-state index in [-0.39, 0.29) is 46.8 Å². The average molecular weight is 411 g/mol. The third-order valence-electron chi connectivity index (χ3n) is 3.77. The van der Waals surface area contributed by atoms with E-state index in [0.29, 0.717) is 5.56 Å². The van der Waals surface area contributed by atoms with Crippen molar-refractivity contribution in [2.24, 2.45) is 0 Å². The predicted octanol–water partition coefficient (Wildman–Crippen LogP) is 4.19. The van der Waals surface area contributed by atoms with Crippen LogP contribution in [0.15, 0.2) is 42.5 Å². The molecule has 0 aliphatic heterocycles. The largest absolute Gasteiger partial charge is 0.336 e. The van der Waals surface area contributed by atoms with Crippen molar-refractivity contribution in [3.63, 3.8) is 0 Å². The lowest BCUT2D eigenvalue weighted by atomic mass is 10.1. The van der Waals surface area contributed by atoms with E-state index < -0.39 is 11.7 Å². The maximum atomic E-state index is 12.9. The van der Waals surface area contributed by atoms with Crippen LogP contribution in [0.3, 0.4) is 0 Å². The third kappa shape index (κ3) is 6.05. The molecule has 2 aromatic carbocycles. The van der Waals surface area contributed by atoms with Crippen LogP contribution in [0.5, 0.6) is 0 Å². The van der Waals surface area contributed by atoms with Crippen LogP contribution in [0.25, 0.3) is 0 Å². The Labute approximate surface area is 166 Å². The minimum absolute atomic E-state index is 0.0350. The summed E-state index contributed by atoms with van der Waals surface area (Å²) in [5.41, 5.74) is 0.608. The van der Waals surface area contributed by atoms with Gasteiger partial charge in [-0.25, -0.2) is 4.39 Å². The number of ketones is 1. The zero-order chi connectivity index (χ0) is 20.0. The fourth-order valence-electron chi connectivity index (χ4n) is 2.29. The monoisotopic (exact) mass is 410 g/mol. The standard InChI is InChI=1S/C19H17Cl2FN2O3/c1-24(11-17(26)23-19-14(20)3-2-4-15(19)21)18(27)10-9-16(25)12-5-7-13(22)8-6-12/h2-8H,9-11H2,1H3,(H,23,26). The summed E-state index contributed by atoms with van der Waals surface area (Å²) in [6.45, 7) is -0.217. The fraction of sp³-hybridized carbons (Fsp3) is 0.211. The van der Waals surface area contributed by atoms with E-state index in [0.717, 1.165) is 0 Å². The number of likely N-dealkylation sites (N-methyl/N-ethyl adjacent to an activating group) is 1. The number of para-hydroxylation sites is 1. The molecule has 0 radical (unpaired) electrons. The highest BCUT2D eigenvalue weighted by Crippen LogP contribution is 2.29. The lowest BCUT2D eigenvalue weighted by Gasteiger charge is -2.17. The number of halogens is 3. The van der Waals surface area contributed by atoms with Gasteiger partial charge in [0, 0.05) is 25.5 Å². The first-order valence-corrected chi connectivity index (χ1v) is 8.80. The topological polar surface area (TPSA) is 66.5 Å². The van der Waals surface area contributed by atoms with Gasteiger partial charge in [-0.15, -0.1) is 0 Å². The van der Waals surface area contributed by atoms with Gasteiger partial charge < -0.3 is 10.2 Å². The van der Waals surface area contributed by atoms with Crippen molar-refractivity contribution in [2.45, 2.75) is 12.8 Å². The van der Waals surface area contributed by atoms with E-state index in [1.807, 2.05) is 0 Å². The van der Waals surface area contributed by atoms with Crippen molar-refractivity contribution in [1.29, 1.82) is 0 Å². The molecule has 0 aromatic heterocycles. The number of amides is 2. The second-order valence-corrected chi connectivity index (χ2v) is 6.64. The molecule has 0 spiro atoms. The van der Waals surface area contributed by atoms with Crippen molar-refractivity contribution >= 4 is 46.5 Å². The quantitative estimate of drug-likeness (QED) is 0.695. The maximum Gasteiger partial charge on any atom is 0.244 e. The number of Topliss-reactive ketones (excluding diaryl/α,β-unsaturated/α-hetero) is 1. The van der Waals surface area contributed by atoms with Crippen molar-refractivity contribution in [1.82, 2.24) is 4.90 Å². The van der Waals surface area contributed by atoms with E-state index >= 15 is 0 Å². The summed E-state index contributed by atoms with van der Waals surface area (Å²) in [4.78, 5) is 37.5. The first-order valence-electron chi connectivity index (χ1n) is 8.04. The van der Waals surface area contributed by atoms with Gasteiger partial charge in [0.2, 0.25) is 11.8 Å². The average Bonchev–Trinajstić information content (AvgIpc) is 2.63. The van der Waals surface area contributed by atoms with Gasteiger partial charge in [0.25, 0.3) is 0 Å². The lowest BCUT2D eigenvalue weighted by Crippen LogP contribution is -2.35. The zero-order valence-electron chi connectivity index (χ0n) is 14.5. The molecule has 1 N–H and O–H groups in total. The summed E-state index contributed by atoms with van der Waals surface area (Å²) in [6.07, 6.45) is -0.0976. The summed E-state index contributed by atoms with van der Waals surface area (Å²) in [5, 5.41) is 3.13. The lowest BCUT2D eigenvalue weighted by molar-refractivity contribution is -0.133. The molecule has 0 fully saturated rings. The molecule has 27 heavy (non-hydrogen) atoms. The Balaban J connectivity index is 1.85. The van der Waals surface area contributed by atoms with Crippen LogP contribution in [0, 0.1) is 5.82 Å². The number of rotatable bonds is 7. The minimum Gasteiger partial charge on any atom is -0.336 e. The smallest absolute Gasteiger partial charge is 0.244 e. The molecule has 0 saturated carbocycles. The van der Waals surface area contributed by atoms with E-state index in [4.69, 9.17) is 23.2 Å². The van der Waals surface area contributed by atoms with Crippen LogP contribution in [-0.4, -0.2) is 36.1 Å². The van der Waals surface area contributed by atoms with Crippen molar-refractivity contribution in [3.05, 3.63) is 63.9 Å². The van der Waals surface area contributed by atoms with Crippen LogP contribution in [0.1, 0.15) is 23.2 Å². The molecule has 2 amide bonds. The molecule has 2 aromatic rings. The number of anilines is 1. The van der Waals surface area contributed by atoms with Gasteiger partial charge in [0.15, 0.2) is 5.78 Å². The molecule has 8 heteroatoms. The Kier molecular flexibility index (Phi) is 7.33. The number of hydrogen-bond donors (Lipinski definition) is 1. The normalized spacial score (nSPS) is 10.4. The molecule has 0 saturated heterocycles. The molecule has 0 heterocycles. The van der Waals surface area contributed by atoms with Gasteiger partial charge in [-0.3, -0.25) is 14.4 Å². The van der Waals surface area contributed by atoms with Gasteiger partial charge in [0.05, 0.1) is 22.3 Å². The third-order valence-corrected chi connectivity index (χ3v) is 4.40. The summed E-state index contributed by atoms with van der Waals surface area (Å²) in [6, 6.07) is 9.92. The molecule has 0 aliphatic carbocycles. The van der Waals surface area contributed by atoms with Gasteiger partial charge in [0.1, 0.15) is 5.82 Å². The van der Waals surface area contributed by atoms with E-state index in [1.54, 1.807) is 18.2 Å². The Morgan fingerprint density at radius 3 is 2.19 bits per heavy atom. The Hall–Kier alpha value is -2.44. The molecular formula is C19H17Cl2FN2O3. The van der Waals surface area contributed by atoms with Gasteiger partial charge in [-0.2, -0.15) is 0 Å².